The summed E-state index contributed by atoms with van der Waals surface area (Å²) in [7, 11) is 1.80. The van der Waals surface area contributed by atoms with Crippen LogP contribution in [0.3, 0.4) is 0 Å². The van der Waals surface area contributed by atoms with E-state index in [1.807, 2.05) is 6.07 Å². The summed E-state index contributed by atoms with van der Waals surface area (Å²) < 4.78 is 27.7. The first-order chi connectivity index (χ1) is 9.02. The molecule has 1 nitrogen and oxygen atoms in total. The van der Waals surface area contributed by atoms with Crippen LogP contribution in [0.15, 0.2) is 30.3 Å². The third kappa shape index (κ3) is 2.94. The molecule has 0 heterocycles. The van der Waals surface area contributed by atoms with E-state index in [4.69, 9.17) is 11.6 Å². The standard InChI is InChI=1S/C15H14ClF2N/c1-9-5-15(18)13(7-14(9)17)12-6-11(16)4-3-10(12)8-19-2/h3-7,19H,8H2,1-2H3. The molecule has 0 fully saturated rings. The van der Waals surface area contributed by atoms with Crippen molar-refractivity contribution in [3.05, 3.63) is 58.1 Å². The van der Waals surface area contributed by atoms with Gasteiger partial charge in [-0.15, -0.1) is 0 Å². The smallest absolute Gasteiger partial charge is 0.131 e. The molecular formula is C15H14ClF2N. The summed E-state index contributed by atoms with van der Waals surface area (Å²) in [4.78, 5) is 0. The highest BCUT2D eigenvalue weighted by Crippen LogP contribution is 2.30. The quantitative estimate of drug-likeness (QED) is 0.884. The van der Waals surface area contributed by atoms with E-state index in [1.54, 1.807) is 19.2 Å². The molecule has 0 amide bonds. The second kappa shape index (κ2) is 5.68. The van der Waals surface area contributed by atoms with Crippen LogP contribution in [0, 0.1) is 18.6 Å². The van der Waals surface area contributed by atoms with Gasteiger partial charge in [0.25, 0.3) is 0 Å². The highest BCUT2D eigenvalue weighted by Gasteiger charge is 2.13. The average Bonchev–Trinajstić information content (AvgIpc) is 2.36. The lowest BCUT2D eigenvalue weighted by molar-refractivity contribution is 0.595. The summed E-state index contributed by atoms with van der Waals surface area (Å²) in [6.45, 7) is 2.09. The average molecular weight is 282 g/mol. The first-order valence-electron chi connectivity index (χ1n) is 5.92. The number of hydrogen-bond acceptors (Lipinski definition) is 1. The monoisotopic (exact) mass is 281 g/mol. The predicted molar refractivity (Wildman–Crippen MR) is 74.3 cm³/mol. The van der Waals surface area contributed by atoms with Gasteiger partial charge in [-0.3, -0.25) is 0 Å². The van der Waals surface area contributed by atoms with Crippen LogP contribution in [0.5, 0.6) is 0 Å². The zero-order valence-corrected chi connectivity index (χ0v) is 11.5. The maximum absolute atomic E-state index is 14.0. The molecule has 100 valence electrons. The minimum atomic E-state index is -0.446. The number of aryl methyl sites for hydroxylation is 1. The largest absolute Gasteiger partial charge is 0.316 e. The van der Waals surface area contributed by atoms with Crippen LogP contribution >= 0.6 is 11.6 Å². The maximum Gasteiger partial charge on any atom is 0.131 e. The van der Waals surface area contributed by atoms with Crippen molar-refractivity contribution in [1.82, 2.24) is 5.32 Å². The number of benzene rings is 2. The van der Waals surface area contributed by atoms with Gasteiger partial charge in [-0.1, -0.05) is 17.7 Å². The van der Waals surface area contributed by atoms with Gasteiger partial charge in [0.1, 0.15) is 11.6 Å². The Morgan fingerprint density at radius 2 is 1.79 bits per heavy atom. The van der Waals surface area contributed by atoms with Crippen molar-refractivity contribution in [1.29, 1.82) is 0 Å². The second-order valence-corrected chi connectivity index (χ2v) is 4.85. The highest BCUT2D eigenvalue weighted by atomic mass is 35.5. The van der Waals surface area contributed by atoms with Gasteiger partial charge in [0.15, 0.2) is 0 Å². The summed E-state index contributed by atoms with van der Waals surface area (Å²) in [6.07, 6.45) is 0. The predicted octanol–water partition coefficient (Wildman–Crippen LogP) is 4.31. The van der Waals surface area contributed by atoms with Gasteiger partial charge >= 0.3 is 0 Å². The van der Waals surface area contributed by atoms with E-state index in [-0.39, 0.29) is 5.56 Å². The molecule has 0 aliphatic carbocycles. The van der Waals surface area contributed by atoms with E-state index in [0.717, 1.165) is 5.56 Å². The summed E-state index contributed by atoms with van der Waals surface area (Å²) in [5.41, 5.74) is 2.00. The van der Waals surface area contributed by atoms with Crippen molar-refractivity contribution >= 4 is 11.6 Å². The lowest BCUT2D eigenvalue weighted by Gasteiger charge is -2.12. The fourth-order valence-corrected chi connectivity index (χ4v) is 2.17. The van der Waals surface area contributed by atoms with Crippen LogP contribution in [0.25, 0.3) is 11.1 Å². The van der Waals surface area contributed by atoms with Gasteiger partial charge in [0, 0.05) is 17.1 Å². The minimum Gasteiger partial charge on any atom is -0.316 e. The topological polar surface area (TPSA) is 12.0 Å². The molecule has 0 atom stereocenters. The molecule has 1 N–H and O–H groups in total. The fourth-order valence-electron chi connectivity index (χ4n) is 2.00. The van der Waals surface area contributed by atoms with Crippen LogP contribution in [0.4, 0.5) is 8.78 Å². The molecule has 0 spiro atoms. The lowest BCUT2D eigenvalue weighted by Crippen LogP contribution is -2.07. The van der Waals surface area contributed by atoms with Crippen molar-refractivity contribution in [2.24, 2.45) is 0 Å². The Kier molecular flexibility index (Phi) is 4.17. The van der Waals surface area contributed by atoms with Gasteiger partial charge in [0.05, 0.1) is 0 Å². The molecular weight excluding hydrogens is 268 g/mol. The van der Waals surface area contributed by atoms with E-state index in [0.29, 0.717) is 22.7 Å². The molecule has 4 heteroatoms. The van der Waals surface area contributed by atoms with Gasteiger partial charge < -0.3 is 5.32 Å². The molecule has 0 aromatic heterocycles. The van der Waals surface area contributed by atoms with Crippen molar-refractivity contribution < 1.29 is 8.78 Å². The third-order valence-corrected chi connectivity index (χ3v) is 3.21. The Labute approximate surface area is 116 Å². The van der Waals surface area contributed by atoms with E-state index in [9.17, 15) is 8.78 Å². The van der Waals surface area contributed by atoms with Crippen LogP contribution in [-0.2, 0) is 6.54 Å². The molecule has 0 aliphatic heterocycles. The molecule has 2 aromatic rings. The maximum atomic E-state index is 14.0. The lowest BCUT2D eigenvalue weighted by atomic mass is 9.98. The molecule has 0 saturated carbocycles. The first-order valence-corrected chi connectivity index (χ1v) is 6.29. The first kappa shape index (κ1) is 14.0. The Bertz CT molecular complexity index is 611. The molecule has 19 heavy (non-hydrogen) atoms. The number of rotatable bonds is 3. The Morgan fingerprint density at radius 3 is 2.47 bits per heavy atom. The summed E-state index contributed by atoms with van der Waals surface area (Å²) in [5.74, 6) is -0.870. The summed E-state index contributed by atoms with van der Waals surface area (Å²) >= 11 is 5.95. The Hall–Kier alpha value is -1.45. The van der Waals surface area contributed by atoms with Crippen molar-refractivity contribution in [2.45, 2.75) is 13.5 Å². The molecule has 0 radical (unpaired) electrons. The number of nitrogens with one attached hydrogen (secondary N) is 1. The van der Waals surface area contributed by atoms with Crippen LogP contribution in [0.1, 0.15) is 11.1 Å². The van der Waals surface area contributed by atoms with Gasteiger partial charge in [-0.25, -0.2) is 8.78 Å². The van der Waals surface area contributed by atoms with Gasteiger partial charge in [-0.05, 0) is 54.9 Å². The number of hydrogen-bond donors (Lipinski definition) is 1. The van der Waals surface area contributed by atoms with Crippen molar-refractivity contribution in [3.63, 3.8) is 0 Å². The van der Waals surface area contributed by atoms with Crippen molar-refractivity contribution in [2.75, 3.05) is 7.05 Å². The minimum absolute atomic E-state index is 0.232. The molecule has 2 aromatic carbocycles. The van der Waals surface area contributed by atoms with Crippen LogP contribution in [0.2, 0.25) is 5.02 Å². The molecule has 0 aliphatic rings. The van der Waals surface area contributed by atoms with E-state index in [1.165, 1.54) is 19.1 Å². The zero-order valence-electron chi connectivity index (χ0n) is 10.7. The molecule has 0 saturated heterocycles. The van der Waals surface area contributed by atoms with E-state index < -0.39 is 11.6 Å². The fraction of sp³-hybridized carbons (Fsp3) is 0.200. The van der Waals surface area contributed by atoms with Crippen LogP contribution < -0.4 is 5.32 Å². The Balaban J connectivity index is 2.63. The molecule has 0 bridgehead atoms. The molecule has 0 unspecified atom stereocenters. The zero-order chi connectivity index (χ0) is 14.0. The Morgan fingerprint density at radius 1 is 1.05 bits per heavy atom. The van der Waals surface area contributed by atoms with Crippen LogP contribution in [-0.4, -0.2) is 7.05 Å². The summed E-state index contributed by atoms with van der Waals surface area (Å²) in [6, 6.07) is 7.62. The molecule has 2 rings (SSSR count). The van der Waals surface area contributed by atoms with E-state index >= 15 is 0 Å². The van der Waals surface area contributed by atoms with Gasteiger partial charge in [-0.2, -0.15) is 0 Å². The highest BCUT2D eigenvalue weighted by molar-refractivity contribution is 6.30. The van der Waals surface area contributed by atoms with Gasteiger partial charge in [0.2, 0.25) is 0 Å². The third-order valence-electron chi connectivity index (χ3n) is 2.98. The summed E-state index contributed by atoms with van der Waals surface area (Å²) in [5, 5.41) is 3.50. The normalized spacial score (nSPS) is 10.8. The van der Waals surface area contributed by atoms with E-state index in [2.05, 4.69) is 5.32 Å². The SMILES string of the molecule is CNCc1ccc(Cl)cc1-c1cc(F)c(C)cc1F. The second-order valence-electron chi connectivity index (χ2n) is 4.41. The number of halogens is 3. The van der Waals surface area contributed by atoms with Crippen molar-refractivity contribution in [3.8, 4) is 11.1 Å².